The number of methoxy groups -OCH3 is 1. The minimum absolute atomic E-state index is 0.120. The molecule has 0 radical (unpaired) electrons. The van der Waals surface area contributed by atoms with E-state index in [2.05, 4.69) is 17.1 Å². The molecule has 0 aliphatic carbocycles. The molecule has 4 nitrogen and oxygen atoms in total. The van der Waals surface area contributed by atoms with E-state index in [0.29, 0.717) is 18.7 Å². The summed E-state index contributed by atoms with van der Waals surface area (Å²) >= 11 is 0. The van der Waals surface area contributed by atoms with E-state index in [-0.39, 0.29) is 17.8 Å². The van der Waals surface area contributed by atoms with Crippen LogP contribution in [0.4, 0.5) is 8.78 Å². The van der Waals surface area contributed by atoms with Crippen LogP contribution in [-0.4, -0.2) is 44.2 Å². The average Bonchev–Trinajstić information content (AvgIpc) is 2.94. The predicted molar refractivity (Wildman–Crippen MR) is 83.9 cm³/mol. The number of hydrogen-bond donors (Lipinski definition) is 1. The Morgan fingerprint density at radius 2 is 2.17 bits per heavy atom. The van der Waals surface area contributed by atoms with Crippen LogP contribution in [0.25, 0.3) is 0 Å². The third-order valence-corrected chi connectivity index (χ3v) is 4.31. The van der Waals surface area contributed by atoms with Crippen LogP contribution in [0.5, 0.6) is 0 Å². The Morgan fingerprint density at radius 3 is 2.78 bits per heavy atom. The molecule has 1 aromatic rings. The van der Waals surface area contributed by atoms with Gasteiger partial charge in [-0.2, -0.15) is 0 Å². The third kappa shape index (κ3) is 5.25. The molecule has 23 heavy (non-hydrogen) atoms. The zero-order valence-corrected chi connectivity index (χ0v) is 13.7. The number of ether oxygens (including phenoxy) is 1. The molecule has 1 fully saturated rings. The maximum Gasteiger partial charge on any atom is 0.306 e. The van der Waals surface area contributed by atoms with Crippen LogP contribution in [0, 0.1) is 17.0 Å². The maximum absolute atomic E-state index is 13.4. The number of esters is 1. The summed E-state index contributed by atoms with van der Waals surface area (Å²) in [6, 6.07) is 3.94. The molecule has 0 aromatic heterocycles. The number of rotatable bonds is 7. The van der Waals surface area contributed by atoms with Gasteiger partial charge in [-0.05, 0) is 36.1 Å². The van der Waals surface area contributed by atoms with Crippen molar-refractivity contribution in [3.8, 4) is 0 Å². The number of nitrogens with zero attached hydrogens (tertiary/aromatic N) is 1. The highest BCUT2D eigenvalue weighted by atomic mass is 19.2. The van der Waals surface area contributed by atoms with Crippen LogP contribution in [0.15, 0.2) is 18.2 Å². The highest BCUT2D eigenvalue weighted by Crippen LogP contribution is 2.26. The molecule has 2 rings (SSSR count). The maximum atomic E-state index is 13.4. The minimum atomic E-state index is -0.846. The lowest BCUT2D eigenvalue weighted by atomic mass is 9.89. The van der Waals surface area contributed by atoms with Gasteiger partial charge in [0.15, 0.2) is 11.6 Å². The second-order valence-corrected chi connectivity index (χ2v) is 6.52. The van der Waals surface area contributed by atoms with Crippen molar-refractivity contribution in [3.05, 3.63) is 35.4 Å². The van der Waals surface area contributed by atoms with Gasteiger partial charge < -0.3 is 10.1 Å². The van der Waals surface area contributed by atoms with Gasteiger partial charge in [-0.1, -0.05) is 13.0 Å². The smallest absolute Gasteiger partial charge is 0.306 e. The summed E-state index contributed by atoms with van der Waals surface area (Å²) in [6.45, 7) is 5.89. The van der Waals surface area contributed by atoms with E-state index in [1.807, 2.05) is 0 Å². The third-order valence-electron chi connectivity index (χ3n) is 4.31. The molecule has 1 heterocycles. The number of benzene rings is 1. The van der Waals surface area contributed by atoms with Crippen LogP contribution in [0.3, 0.4) is 0 Å². The summed E-state index contributed by atoms with van der Waals surface area (Å²) in [5.41, 5.74) is 0.817. The van der Waals surface area contributed by atoms with Crippen molar-refractivity contribution in [2.45, 2.75) is 26.3 Å². The largest absolute Gasteiger partial charge is 0.469 e. The first-order valence-corrected chi connectivity index (χ1v) is 7.86. The van der Waals surface area contributed by atoms with Gasteiger partial charge in [0.05, 0.1) is 13.5 Å². The average molecular weight is 326 g/mol. The van der Waals surface area contributed by atoms with E-state index in [9.17, 15) is 13.6 Å². The van der Waals surface area contributed by atoms with Crippen molar-refractivity contribution < 1.29 is 18.3 Å². The van der Waals surface area contributed by atoms with Gasteiger partial charge in [-0.15, -0.1) is 0 Å². The fraction of sp³-hybridized carbons (Fsp3) is 0.588. The van der Waals surface area contributed by atoms with E-state index in [4.69, 9.17) is 4.74 Å². The molecule has 1 aliphatic heterocycles. The molecule has 1 atom stereocenters. The first-order chi connectivity index (χ1) is 10.9. The first kappa shape index (κ1) is 17.8. The van der Waals surface area contributed by atoms with Gasteiger partial charge >= 0.3 is 5.97 Å². The lowest BCUT2D eigenvalue weighted by Gasteiger charge is -2.32. The second-order valence-electron chi connectivity index (χ2n) is 6.52. The van der Waals surface area contributed by atoms with Crippen molar-refractivity contribution in [1.82, 2.24) is 10.2 Å². The molecule has 1 aliphatic rings. The summed E-state index contributed by atoms with van der Waals surface area (Å²) in [7, 11) is 1.37. The normalized spacial score (nSPS) is 20.9. The van der Waals surface area contributed by atoms with Crippen molar-refractivity contribution in [2.24, 2.45) is 5.41 Å². The molecular formula is C17H24F2N2O2. The molecule has 0 saturated carbocycles. The van der Waals surface area contributed by atoms with Gasteiger partial charge in [0, 0.05) is 26.2 Å². The number of nitrogens with one attached hydrogen (secondary N) is 1. The van der Waals surface area contributed by atoms with Gasteiger partial charge in [0.1, 0.15) is 0 Å². The quantitative estimate of drug-likeness (QED) is 0.781. The molecule has 1 saturated heterocycles. The summed E-state index contributed by atoms with van der Waals surface area (Å²) in [5.74, 6) is -1.96. The molecular weight excluding hydrogens is 302 g/mol. The highest BCUT2D eigenvalue weighted by molar-refractivity contribution is 5.69. The van der Waals surface area contributed by atoms with Crippen LogP contribution >= 0.6 is 0 Å². The fourth-order valence-electron chi connectivity index (χ4n) is 3.01. The Labute approximate surface area is 135 Å². The SMILES string of the molecule is COC(=O)CCN(Cc1ccc(F)c(F)c1)CC1(C)CCNC1. The molecule has 1 unspecified atom stereocenters. The Kier molecular flexibility index (Phi) is 6.07. The molecule has 0 bridgehead atoms. The Balaban J connectivity index is 2.04. The lowest BCUT2D eigenvalue weighted by molar-refractivity contribution is -0.141. The van der Waals surface area contributed by atoms with E-state index < -0.39 is 11.6 Å². The number of carbonyl (C=O) groups is 1. The lowest BCUT2D eigenvalue weighted by Crippen LogP contribution is -2.38. The van der Waals surface area contributed by atoms with Crippen LogP contribution in [0.1, 0.15) is 25.3 Å². The van der Waals surface area contributed by atoms with Crippen molar-refractivity contribution in [1.29, 1.82) is 0 Å². The molecule has 0 amide bonds. The molecule has 1 aromatic carbocycles. The molecule has 0 spiro atoms. The number of halogens is 2. The van der Waals surface area contributed by atoms with E-state index >= 15 is 0 Å². The van der Waals surface area contributed by atoms with Crippen molar-refractivity contribution >= 4 is 5.97 Å². The monoisotopic (exact) mass is 326 g/mol. The summed E-state index contributed by atoms with van der Waals surface area (Å²) < 4.78 is 31.2. The van der Waals surface area contributed by atoms with E-state index in [0.717, 1.165) is 32.1 Å². The summed E-state index contributed by atoms with van der Waals surface area (Å²) in [5, 5.41) is 3.35. The van der Waals surface area contributed by atoms with Crippen molar-refractivity contribution in [3.63, 3.8) is 0 Å². The van der Waals surface area contributed by atoms with Crippen molar-refractivity contribution in [2.75, 3.05) is 33.3 Å². The fourth-order valence-corrected chi connectivity index (χ4v) is 3.01. The van der Waals surface area contributed by atoms with Gasteiger partial charge in [-0.3, -0.25) is 9.69 Å². The first-order valence-electron chi connectivity index (χ1n) is 7.86. The van der Waals surface area contributed by atoms with Crippen LogP contribution in [0.2, 0.25) is 0 Å². The predicted octanol–water partition coefficient (Wildman–Crippen LogP) is 2.33. The Morgan fingerprint density at radius 1 is 1.39 bits per heavy atom. The standard InChI is InChI=1S/C17H24F2N2O2/c1-17(6-7-20-11-17)12-21(8-5-16(22)23-2)10-13-3-4-14(18)15(19)9-13/h3-4,9,20H,5-8,10-12H2,1-2H3. The minimum Gasteiger partial charge on any atom is -0.469 e. The van der Waals surface area contributed by atoms with Crippen LogP contribution < -0.4 is 5.32 Å². The van der Waals surface area contributed by atoms with Gasteiger partial charge in [-0.25, -0.2) is 8.78 Å². The number of carbonyl (C=O) groups excluding carboxylic acids is 1. The zero-order valence-electron chi connectivity index (χ0n) is 13.7. The zero-order chi connectivity index (χ0) is 16.9. The van der Waals surface area contributed by atoms with Gasteiger partial charge in [0.2, 0.25) is 0 Å². The van der Waals surface area contributed by atoms with E-state index in [1.54, 1.807) is 6.07 Å². The summed E-state index contributed by atoms with van der Waals surface area (Å²) in [6.07, 6.45) is 1.34. The topological polar surface area (TPSA) is 41.6 Å². The second kappa shape index (κ2) is 7.84. The highest BCUT2D eigenvalue weighted by Gasteiger charge is 2.30. The number of hydrogen-bond acceptors (Lipinski definition) is 4. The van der Waals surface area contributed by atoms with E-state index in [1.165, 1.54) is 13.2 Å². The molecule has 6 heteroatoms. The molecule has 128 valence electrons. The summed E-state index contributed by atoms with van der Waals surface area (Å²) in [4.78, 5) is 13.5. The van der Waals surface area contributed by atoms with Gasteiger partial charge in [0.25, 0.3) is 0 Å². The molecule has 1 N–H and O–H groups in total. The van der Waals surface area contributed by atoms with Crippen LogP contribution in [-0.2, 0) is 16.1 Å². The Bertz CT molecular complexity index is 545. The Hall–Kier alpha value is -1.53.